The third-order valence-corrected chi connectivity index (χ3v) is 3.42. The van der Waals surface area contributed by atoms with Gasteiger partial charge in [0.15, 0.2) is 0 Å². The Morgan fingerprint density at radius 3 is 2.39 bits per heavy atom. The van der Waals surface area contributed by atoms with Crippen LogP contribution in [0, 0.1) is 12.3 Å². The Morgan fingerprint density at radius 2 is 2.00 bits per heavy atom. The molecule has 0 aromatic carbocycles. The van der Waals surface area contributed by atoms with E-state index in [1.54, 1.807) is 0 Å². The molecule has 3 nitrogen and oxygen atoms in total. The second-order valence-electron chi connectivity index (χ2n) is 4.71. The van der Waals surface area contributed by atoms with E-state index in [0.29, 0.717) is 11.7 Å². The molecule has 1 aliphatic heterocycles. The number of hydrogen-bond donors (Lipinski definition) is 0. The van der Waals surface area contributed by atoms with Crippen LogP contribution in [0.3, 0.4) is 0 Å². The number of carbonyl (C=O) groups is 2. The van der Waals surface area contributed by atoms with Crippen molar-refractivity contribution in [1.29, 1.82) is 0 Å². The van der Waals surface area contributed by atoms with E-state index >= 15 is 0 Å². The first-order valence-corrected chi connectivity index (χ1v) is 6.74. The first-order chi connectivity index (χ1) is 8.27. The summed E-state index contributed by atoms with van der Waals surface area (Å²) < 4.78 is 0. The molecule has 0 aromatic rings. The molecule has 2 fully saturated rings. The van der Waals surface area contributed by atoms with Crippen molar-refractivity contribution in [1.82, 2.24) is 0 Å². The molecular weight excluding hydrogens is 398 g/mol. The molecule has 0 N–H and O–H groups in total. The van der Waals surface area contributed by atoms with Gasteiger partial charge in [0.05, 0.1) is 0 Å². The summed E-state index contributed by atoms with van der Waals surface area (Å²) in [4.78, 5) is 21.1. The van der Waals surface area contributed by atoms with Crippen molar-refractivity contribution >= 4 is 12.1 Å². The summed E-state index contributed by atoms with van der Waals surface area (Å²) in [6.07, 6.45) is 10.5. The Balaban J connectivity index is 0.000000321. The van der Waals surface area contributed by atoms with Crippen molar-refractivity contribution in [3.05, 3.63) is 11.7 Å². The average Bonchev–Trinajstić information content (AvgIpc) is 2.93. The molecule has 0 aromatic heterocycles. The molecule has 1 atom stereocenters. The van der Waals surface area contributed by atoms with E-state index in [4.69, 9.17) is 0 Å². The number of aldehydes is 1. The van der Waals surface area contributed by atoms with Crippen LogP contribution < -0.4 is 0 Å². The molecule has 0 bridgehead atoms. The van der Waals surface area contributed by atoms with Crippen molar-refractivity contribution in [2.45, 2.75) is 57.9 Å². The van der Waals surface area contributed by atoms with E-state index in [0.717, 1.165) is 57.8 Å². The summed E-state index contributed by atoms with van der Waals surface area (Å²) in [5.74, 6) is 0.864. The first kappa shape index (κ1) is 18.0. The van der Waals surface area contributed by atoms with Gasteiger partial charge in [-0.15, -0.1) is 6.54 Å². The van der Waals surface area contributed by atoms with Crippen molar-refractivity contribution in [3.8, 4) is 0 Å². The van der Waals surface area contributed by atoms with E-state index in [1.807, 2.05) is 6.92 Å². The number of hydrogen-bond acceptors (Lipinski definition) is 2. The monoisotopic (exact) mass is 421 g/mol. The molecule has 1 saturated carbocycles. The molecule has 2 rings (SSSR count). The summed E-state index contributed by atoms with van der Waals surface area (Å²) >= 11 is 0. The Morgan fingerprint density at radius 1 is 1.33 bits per heavy atom. The fourth-order valence-corrected chi connectivity index (χ4v) is 2.30. The van der Waals surface area contributed by atoms with Crippen LogP contribution in [0.1, 0.15) is 51.9 Å². The van der Waals surface area contributed by atoms with Crippen LogP contribution in [0.5, 0.6) is 0 Å². The number of nitrogens with zero attached hydrogens (tertiary/aromatic N) is 1. The van der Waals surface area contributed by atoms with Crippen LogP contribution in [0.2, 0.25) is 0 Å². The molecule has 18 heavy (non-hydrogen) atoms. The van der Waals surface area contributed by atoms with E-state index in [-0.39, 0.29) is 27.1 Å². The van der Waals surface area contributed by atoms with E-state index in [9.17, 15) is 9.59 Å². The molecule has 4 heteroatoms. The largest absolute Gasteiger partial charge is 2.00 e. The predicted molar refractivity (Wildman–Crippen MR) is 68.9 cm³/mol. The number of carbonyl (C=O) groups excluding carboxylic acids is 2. The first-order valence-electron chi connectivity index (χ1n) is 6.74. The SMILES string of the molecule is CCC(=O)C1CC[CH-]CC1.O=C[C@@H]1CCC[N-]1.[W+2]. The molecule has 1 heterocycles. The van der Waals surface area contributed by atoms with Gasteiger partial charge in [0.2, 0.25) is 0 Å². The summed E-state index contributed by atoms with van der Waals surface area (Å²) in [6, 6.07) is 0.0417. The zero-order valence-electron chi connectivity index (χ0n) is 11.1. The second kappa shape index (κ2) is 10.9. The van der Waals surface area contributed by atoms with Crippen molar-refractivity contribution in [2.75, 3.05) is 6.54 Å². The van der Waals surface area contributed by atoms with Gasteiger partial charge in [-0.05, 0) is 0 Å². The maximum absolute atomic E-state index is 11.2. The molecule has 102 valence electrons. The smallest absolute Gasteiger partial charge is 0.654 e. The van der Waals surface area contributed by atoms with Crippen LogP contribution >= 0.6 is 0 Å². The predicted octanol–water partition coefficient (Wildman–Crippen LogP) is 3.08. The number of Topliss-reactive ketones (excluding diaryl/α,β-unsaturated/α-hetero) is 1. The standard InChI is InChI=1S/C9H15O.C5H8NO.W/c1-2-9(10)8-6-4-3-5-7-8;7-4-5-2-1-3-6-5;/h3,8H,2,4-7H2,1H3;4-5H,1-3H2;/q2*-1;+2/t;5-;/m.0./s1. The molecule has 0 radical (unpaired) electrons. The average molecular weight is 421 g/mol. The van der Waals surface area contributed by atoms with Gasteiger partial charge in [-0.2, -0.15) is 12.8 Å². The van der Waals surface area contributed by atoms with Crippen LogP contribution in [-0.4, -0.2) is 24.7 Å². The number of ketones is 1. The Kier molecular flexibility index (Phi) is 10.9. The van der Waals surface area contributed by atoms with Crippen LogP contribution in [0.4, 0.5) is 0 Å². The van der Waals surface area contributed by atoms with Gasteiger partial charge in [0.1, 0.15) is 12.1 Å². The molecule has 2 aliphatic rings. The summed E-state index contributed by atoms with van der Waals surface area (Å²) in [5.41, 5.74) is 0. The second-order valence-corrected chi connectivity index (χ2v) is 4.71. The molecule has 0 amide bonds. The van der Waals surface area contributed by atoms with Gasteiger partial charge in [0, 0.05) is 12.3 Å². The van der Waals surface area contributed by atoms with Crippen LogP contribution in [0.25, 0.3) is 5.32 Å². The Labute approximate surface area is 125 Å². The third kappa shape index (κ3) is 6.80. The van der Waals surface area contributed by atoms with Gasteiger partial charge in [-0.25, -0.2) is 0 Å². The minimum atomic E-state index is 0. The van der Waals surface area contributed by atoms with Gasteiger partial charge in [-0.1, -0.05) is 38.6 Å². The molecule has 0 unspecified atom stereocenters. The number of rotatable bonds is 3. The molecular formula is C14H23NO2W. The molecule has 0 spiro atoms. The maximum Gasteiger partial charge on any atom is 2.00 e. The van der Waals surface area contributed by atoms with Crippen LogP contribution in [-0.2, 0) is 30.7 Å². The van der Waals surface area contributed by atoms with Crippen molar-refractivity contribution in [3.63, 3.8) is 0 Å². The fourth-order valence-electron chi connectivity index (χ4n) is 2.30. The van der Waals surface area contributed by atoms with Gasteiger partial charge >= 0.3 is 21.1 Å². The third-order valence-electron chi connectivity index (χ3n) is 3.42. The summed E-state index contributed by atoms with van der Waals surface area (Å²) in [5, 5.41) is 3.99. The fraction of sp³-hybridized carbons (Fsp3) is 0.786. The van der Waals surface area contributed by atoms with Crippen LogP contribution in [0.15, 0.2) is 0 Å². The quantitative estimate of drug-likeness (QED) is 0.520. The molecule has 1 saturated heterocycles. The topological polar surface area (TPSA) is 48.2 Å². The minimum Gasteiger partial charge on any atom is -0.654 e. The van der Waals surface area contributed by atoms with Gasteiger partial charge in [-0.3, -0.25) is 4.79 Å². The van der Waals surface area contributed by atoms with Gasteiger partial charge < -0.3 is 16.5 Å². The van der Waals surface area contributed by atoms with E-state index in [2.05, 4.69) is 11.7 Å². The minimum absolute atomic E-state index is 0. The van der Waals surface area contributed by atoms with E-state index < -0.39 is 0 Å². The molecule has 1 aliphatic carbocycles. The maximum atomic E-state index is 11.2. The normalized spacial score (nSPS) is 23.5. The zero-order valence-corrected chi connectivity index (χ0v) is 14.1. The van der Waals surface area contributed by atoms with Crippen molar-refractivity contribution < 1.29 is 30.7 Å². The summed E-state index contributed by atoms with van der Waals surface area (Å²) in [7, 11) is 0. The van der Waals surface area contributed by atoms with Crippen molar-refractivity contribution in [2.24, 2.45) is 5.92 Å². The summed E-state index contributed by atoms with van der Waals surface area (Å²) in [6.45, 7) is 2.85. The Bertz CT molecular complexity index is 234. The Hall–Kier alpha value is -0.0117. The van der Waals surface area contributed by atoms with E-state index in [1.165, 1.54) is 0 Å². The zero-order chi connectivity index (χ0) is 12.5. The van der Waals surface area contributed by atoms with Gasteiger partial charge in [0.25, 0.3) is 0 Å².